The second kappa shape index (κ2) is 9.08. The number of carbonyl (C=O) groups is 1. The molecule has 2 aromatic carbocycles. The third-order valence-electron chi connectivity index (χ3n) is 4.59. The molecule has 1 aromatic heterocycles. The lowest BCUT2D eigenvalue weighted by molar-refractivity contribution is 0.0933. The fourth-order valence-electron chi connectivity index (χ4n) is 2.99. The maximum atomic E-state index is 12.5. The number of carbonyl (C=O) groups excluding carboxylic acids is 1. The molecule has 0 aliphatic heterocycles. The number of nitrogens with one attached hydrogen (secondary N) is 2. The van der Waals surface area contributed by atoms with Gasteiger partial charge in [0.2, 0.25) is 0 Å². The van der Waals surface area contributed by atoms with Gasteiger partial charge in [-0.15, -0.1) is 0 Å². The molecule has 0 unspecified atom stereocenters. The highest BCUT2D eigenvalue weighted by molar-refractivity contribution is 5.93. The summed E-state index contributed by atoms with van der Waals surface area (Å²) in [5, 5.41) is 10.1. The van der Waals surface area contributed by atoms with Crippen molar-refractivity contribution in [3.05, 3.63) is 65.9 Å². The minimum absolute atomic E-state index is 0.0509. The highest BCUT2D eigenvalue weighted by atomic mass is 16.5. The summed E-state index contributed by atoms with van der Waals surface area (Å²) in [4.78, 5) is 12.5. The predicted octanol–water partition coefficient (Wildman–Crippen LogP) is 3.85. The van der Waals surface area contributed by atoms with E-state index < -0.39 is 0 Å². The number of ether oxygens (including phenoxy) is 2. The van der Waals surface area contributed by atoms with E-state index in [0.29, 0.717) is 22.9 Å². The molecule has 1 amide bonds. The number of aromatic amines is 1. The van der Waals surface area contributed by atoms with Crippen molar-refractivity contribution in [1.82, 2.24) is 15.5 Å². The van der Waals surface area contributed by atoms with Crippen molar-refractivity contribution in [3.8, 4) is 22.8 Å². The Morgan fingerprint density at radius 3 is 2.61 bits per heavy atom. The number of benzene rings is 2. The van der Waals surface area contributed by atoms with Crippen molar-refractivity contribution in [2.45, 2.75) is 25.8 Å². The lowest BCUT2D eigenvalue weighted by atomic mass is 10.1. The molecular formula is C22H25N3O3. The van der Waals surface area contributed by atoms with E-state index in [1.54, 1.807) is 26.4 Å². The smallest absolute Gasteiger partial charge is 0.269 e. The summed E-state index contributed by atoms with van der Waals surface area (Å²) in [6.07, 6.45) is 1.78. The Balaban J connectivity index is 1.64. The third kappa shape index (κ3) is 4.71. The molecular weight excluding hydrogens is 354 g/mol. The van der Waals surface area contributed by atoms with Gasteiger partial charge < -0.3 is 14.8 Å². The molecule has 3 rings (SSSR count). The summed E-state index contributed by atoms with van der Waals surface area (Å²) in [6, 6.07) is 17.5. The number of hydrogen-bond donors (Lipinski definition) is 2. The van der Waals surface area contributed by atoms with E-state index in [1.807, 2.05) is 37.3 Å². The monoisotopic (exact) mass is 379 g/mol. The molecule has 0 saturated heterocycles. The van der Waals surface area contributed by atoms with Gasteiger partial charge in [0.15, 0.2) is 0 Å². The topological polar surface area (TPSA) is 76.2 Å². The fraction of sp³-hybridized carbons (Fsp3) is 0.273. The van der Waals surface area contributed by atoms with Crippen molar-refractivity contribution < 1.29 is 14.3 Å². The van der Waals surface area contributed by atoms with E-state index in [4.69, 9.17) is 9.47 Å². The largest absolute Gasteiger partial charge is 0.497 e. The van der Waals surface area contributed by atoms with Crippen LogP contribution < -0.4 is 14.8 Å². The van der Waals surface area contributed by atoms with Crippen molar-refractivity contribution in [2.24, 2.45) is 0 Å². The molecule has 1 atom stereocenters. The van der Waals surface area contributed by atoms with Crippen molar-refractivity contribution in [1.29, 1.82) is 0 Å². The first-order chi connectivity index (χ1) is 13.6. The van der Waals surface area contributed by atoms with Crippen LogP contribution in [0.25, 0.3) is 11.3 Å². The summed E-state index contributed by atoms with van der Waals surface area (Å²) >= 11 is 0. The average Bonchev–Trinajstić information content (AvgIpc) is 3.22. The van der Waals surface area contributed by atoms with Gasteiger partial charge in [0, 0.05) is 17.7 Å². The number of methoxy groups -OCH3 is 2. The Morgan fingerprint density at radius 2 is 1.89 bits per heavy atom. The van der Waals surface area contributed by atoms with Crippen LogP contribution in [0.1, 0.15) is 29.4 Å². The SMILES string of the molecule is COc1ccc(-c2cc(C(=O)N[C@H](C)CCc3ccccc3)[nH]n2)c(OC)c1. The lowest BCUT2D eigenvalue weighted by Crippen LogP contribution is -2.33. The normalized spacial score (nSPS) is 11.7. The van der Waals surface area contributed by atoms with Crippen LogP contribution in [0.2, 0.25) is 0 Å². The number of rotatable bonds is 8. The molecule has 3 aromatic rings. The molecule has 146 valence electrons. The zero-order valence-electron chi connectivity index (χ0n) is 16.4. The molecule has 1 heterocycles. The minimum Gasteiger partial charge on any atom is -0.497 e. The molecule has 28 heavy (non-hydrogen) atoms. The van der Waals surface area contributed by atoms with Crippen LogP contribution in [0.15, 0.2) is 54.6 Å². The van der Waals surface area contributed by atoms with Crippen molar-refractivity contribution >= 4 is 5.91 Å². The van der Waals surface area contributed by atoms with E-state index in [9.17, 15) is 4.79 Å². The Labute approximate surface area is 164 Å². The molecule has 0 spiro atoms. The second-order valence-electron chi connectivity index (χ2n) is 6.63. The molecule has 0 saturated carbocycles. The third-order valence-corrected chi connectivity index (χ3v) is 4.59. The van der Waals surface area contributed by atoms with Gasteiger partial charge in [-0.2, -0.15) is 5.10 Å². The number of aryl methyl sites for hydroxylation is 1. The van der Waals surface area contributed by atoms with E-state index in [0.717, 1.165) is 18.4 Å². The number of nitrogens with zero attached hydrogens (tertiary/aromatic N) is 1. The van der Waals surface area contributed by atoms with Crippen LogP contribution in [-0.4, -0.2) is 36.4 Å². The van der Waals surface area contributed by atoms with E-state index in [1.165, 1.54) is 5.56 Å². The Morgan fingerprint density at radius 1 is 1.11 bits per heavy atom. The molecule has 0 aliphatic rings. The molecule has 0 fully saturated rings. The summed E-state index contributed by atoms with van der Waals surface area (Å²) in [5.41, 5.74) is 3.11. The Bertz CT molecular complexity index is 922. The first kappa shape index (κ1) is 19.5. The highest BCUT2D eigenvalue weighted by Crippen LogP contribution is 2.32. The molecule has 6 nitrogen and oxygen atoms in total. The van der Waals surface area contributed by atoms with Crippen molar-refractivity contribution in [2.75, 3.05) is 14.2 Å². The number of aromatic nitrogens is 2. The van der Waals surface area contributed by atoms with Crippen LogP contribution in [0.5, 0.6) is 11.5 Å². The second-order valence-corrected chi connectivity index (χ2v) is 6.63. The molecule has 0 bridgehead atoms. The van der Waals surface area contributed by atoms with Gasteiger partial charge in [-0.25, -0.2) is 0 Å². The maximum Gasteiger partial charge on any atom is 0.269 e. The summed E-state index contributed by atoms with van der Waals surface area (Å²) in [6.45, 7) is 2.00. The zero-order valence-corrected chi connectivity index (χ0v) is 16.4. The summed E-state index contributed by atoms with van der Waals surface area (Å²) < 4.78 is 10.6. The van der Waals surface area contributed by atoms with Crippen LogP contribution in [-0.2, 0) is 6.42 Å². The maximum absolute atomic E-state index is 12.5. The molecule has 6 heteroatoms. The number of hydrogen-bond acceptors (Lipinski definition) is 4. The zero-order chi connectivity index (χ0) is 19.9. The van der Waals surface area contributed by atoms with Crippen LogP contribution in [0.4, 0.5) is 0 Å². The van der Waals surface area contributed by atoms with Gasteiger partial charge in [0.25, 0.3) is 5.91 Å². The predicted molar refractivity (Wildman–Crippen MR) is 109 cm³/mol. The quantitative estimate of drug-likeness (QED) is 0.623. The number of amides is 1. The van der Waals surface area contributed by atoms with Gasteiger partial charge >= 0.3 is 0 Å². The first-order valence-electron chi connectivity index (χ1n) is 9.23. The average molecular weight is 379 g/mol. The molecule has 0 aliphatic carbocycles. The Hall–Kier alpha value is -3.28. The fourth-order valence-corrected chi connectivity index (χ4v) is 2.99. The van der Waals surface area contributed by atoms with E-state index in [2.05, 4.69) is 27.6 Å². The van der Waals surface area contributed by atoms with Gasteiger partial charge in [0.1, 0.15) is 17.2 Å². The van der Waals surface area contributed by atoms with Gasteiger partial charge in [-0.05, 0) is 43.5 Å². The van der Waals surface area contributed by atoms with Gasteiger partial charge in [0.05, 0.1) is 19.9 Å². The molecule has 0 radical (unpaired) electrons. The summed E-state index contributed by atoms with van der Waals surface area (Å²) in [7, 11) is 3.19. The highest BCUT2D eigenvalue weighted by Gasteiger charge is 2.16. The number of H-pyrrole nitrogens is 1. The summed E-state index contributed by atoms with van der Waals surface area (Å²) in [5.74, 6) is 1.15. The van der Waals surface area contributed by atoms with E-state index >= 15 is 0 Å². The van der Waals surface area contributed by atoms with Gasteiger partial charge in [-0.3, -0.25) is 9.89 Å². The molecule has 2 N–H and O–H groups in total. The Kier molecular flexibility index (Phi) is 6.32. The van der Waals surface area contributed by atoms with Crippen molar-refractivity contribution in [3.63, 3.8) is 0 Å². The van der Waals surface area contributed by atoms with Crippen LogP contribution >= 0.6 is 0 Å². The standard InChI is InChI=1S/C22H25N3O3/c1-15(9-10-16-7-5-4-6-8-16)23-22(26)20-14-19(24-25-20)18-12-11-17(27-2)13-21(18)28-3/h4-8,11-15H,9-10H2,1-3H3,(H,23,26)(H,24,25)/t15-/m1/s1. The minimum atomic E-state index is -0.174. The lowest BCUT2D eigenvalue weighted by Gasteiger charge is -2.13. The van der Waals surface area contributed by atoms with Crippen LogP contribution in [0.3, 0.4) is 0 Å². The first-order valence-corrected chi connectivity index (χ1v) is 9.23. The van der Waals surface area contributed by atoms with Gasteiger partial charge in [-0.1, -0.05) is 30.3 Å². The van der Waals surface area contributed by atoms with E-state index in [-0.39, 0.29) is 11.9 Å². The van der Waals surface area contributed by atoms with Crippen LogP contribution in [0, 0.1) is 0 Å².